The van der Waals surface area contributed by atoms with Gasteiger partial charge in [-0.1, -0.05) is 0 Å². The largest absolute Gasteiger partial charge is 0.481 e. The van der Waals surface area contributed by atoms with Gasteiger partial charge in [-0.15, -0.1) is 0 Å². The van der Waals surface area contributed by atoms with Gasteiger partial charge in [-0.3, -0.25) is 19.6 Å². The molecular formula is C27H34FN7O4. The number of aromatic nitrogens is 3. The Labute approximate surface area is 225 Å². The lowest BCUT2D eigenvalue weighted by molar-refractivity contribution is -0.232. The van der Waals surface area contributed by atoms with Crippen molar-refractivity contribution in [1.82, 2.24) is 35.6 Å². The first-order valence-corrected chi connectivity index (χ1v) is 13.9. The third-order valence-electron chi connectivity index (χ3n) is 9.46. The van der Waals surface area contributed by atoms with Crippen molar-refractivity contribution in [3.05, 3.63) is 29.8 Å². The summed E-state index contributed by atoms with van der Waals surface area (Å²) in [4.78, 5) is 35.0. The van der Waals surface area contributed by atoms with Crippen molar-refractivity contribution < 1.29 is 23.5 Å². The van der Waals surface area contributed by atoms with E-state index in [4.69, 9.17) is 9.47 Å². The molecule has 0 unspecified atom stereocenters. The zero-order chi connectivity index (χ0) is 26.8. The van der Waals surface area contributed by atoms with Crippen LogP contribution in [-0.4, -0.2) is 106 Å². The SMILES string of the molecule is COc1cc(-c2cc(C(=O)N3CC[C@H](C(=O)N[C@H]4CCN([C@H]5COC56CNC6)C4)CC34CC4)[nH]n2)c(F)cn1. The number of halogens is 1. The normalized spacial score (nSPS) is 28.7. The average Bonchev–Trinajstić information content (AvgIpc) is 3.26. The van der Waals surface area contributed by atoms with E-state index in [9.17, 15) is 14.0 Å². The summed E-state index contributed by atoms with van der Waals surface area (Å²) in [6.07, 6.45) is 5.10. The van der Waals surface area contributed by atoms with E-state index in [0.29, 0.717) is 36.8 Å². The molecule has 3 N–H and O–H groups in total. The lowest BCUT2D eigenvalue weighted by Gasteiger charge is -2.58. The van der Waals surface area contributed by atoms with Crippen LogP contribution in [0.1, 0.15) is 42.6 Å². The van der Waals surface area contributed by atoms with E-state index in [2.05, 4.69) is 30.7 Å². The predicted octanol–water partition coefficient (Wildman–Crippen LogP) is 0.936. The van der Waals surface area contributed by atoms with Gasteiger partial charge >= 0.3 is 0 Å². The number of H-pyrrole nitrogens is 1. The van der Waals surface area contributed by atoms with Crippen LogP contribution >= 0.6 is 0 Å². The quantitative estimate of drug-likeness (QED) is 0.496. The third-order valence-corrected chi connectivity index (χ3v) is 9.46. The van der Waals surface area contributed by atoms with E-state index < -0.39 is 5.82 Å². The topological polar surface area (TPSA) is 125 Å². The molecule has 12 heteroatoms. The fourth-order valence-corrected chi connectivity index (χ4v) is 6.84. The lowest BCUT2D eigenvalue weighted by Crippen LogP contribution is -2.78. The molecule has 1 aliphatic carbocycles. The fraction of sp³-hybridized carbons (Fsp3) is 0.630. The van der Waals surface area contributed by atoms with Gasteiger partial charge in [-0.05, 0) is 38.2 Å². The number of likely N-dealkylation sites (tertiary alicyclic amines) is 2. The summed E-state index contributed by atoms with van der Waals surface area (Å²) in [6, 6.07) is 3.63. The molecule has 2 aromatic rings. The van der Waals surface area contributed by atoms with Gasteiger partial charge in [0.05, 0.1) is 31.6 Å². The second-order valence-corrected chi connectivity index (χ2v) is 11.7. The van der Waals surface area contributed by atoms with E-state index in [0.717, 1.165) is 58.2 Å². The van der Waals surface area contributed by atoms with Gasteiger partial charge in [0.15, 0.2) is 5.82 Å². The molecule has 5 aliphatic rings. The highest BCUT2D eigenvalue weighted by Crippen LogP contribution is 2.50. The first-order chi connectivity index (χ1) is 18.9. The van der Waals surface area contributed by atoms with E-state index in [1.807, 2.05) is 4.90 Å². The van der Waals surface area contributed by atoms with E-state index in [1.54, 1.807) is 6.07 Å². The van der Waals surface area contributed by atoms with Gasteiger partial charge in [0, 0.05) is 61.9 Å². The molecule has 2 amide bonds. The first-order valence-electron chi connectivity index (χ1n) is 13.9. The Morgan fingerprint density at radius 3 is 2.77 bits per heavy atom. The van der Waals surface area contributed by atoms with Crippen LogP contribution in [0.4, 0.5) is 4.39 Å². The van der Waals surface area contributed by atoms with E-state index >= 15 is 0 Å². The standard InChI is InChI=1S/C27H34FN7O4/c1-38-23-8-18(19(28)11-30-23)20-9-21(33-32-20)25(37)35-7-2-16(10-26(35)4-5-26)24(36)31-17-3-6-34(12-17)22-13-39-27(22)14-29-15-27/h8-9,11,16-17,22,29H,2-7,10,12-15H2,1H3,(H,31,36)(H,32,33)/t16-,17-,22-/m0/s1. The average molecular weight is 540 g/mol. The second kappa shape index (κ2) is 9.24. The molecule has 2 aromatic heterocycles. The number of rotatable bonds is 6. The minimum Gasteiger partial charge on any atom is -0.481 e. The predicted molar refractivity (Wildman–Crippen MR) is 138 cm³/mol. The first kappa shape index (κ1) is 24.9. The fourth-order valence-electron chi connectivity index (χ4n) is 6.84. The van der Waals surface area contributed by atoms with Crippen LogP contribution in [0, 0.1) is 11.7 Å². The van der Waals surface area contributed by atoms with Gasteiger partial charge in [0.25, 0.3) is 5.91 Å². The van der Waals surface area contributed by atoms with Crippen LogP contribution in [0.3, 0.4) is 0 Å². The number of nitrogens with zero attached hydrogens (tertiary/aromatic N) is 4. The lowest BCUT2D eigenvalue weighted by atomic mass is 9.82. The minimum atomic E-state index is -0.544. The highest BCUT2D eigenvalue weighted by atomic mass is 19.1. The number of ether oxygens (including phenoxy) is 2. The van der Waals surface area contributed by atoms with Crippen molar-refractivity contribution in [1.29, 1.82) is 0 Å². The molecule has 0 radical (unpaired) electrons. The van der Waals surface area contributed by atoms with Crippen LogP contribution in [0.15, 0.2) is 18.3 Å². The van der Waals surface area contributed by atoms with Crippen molar-refractivity contribution in [2.45, 2.75) is 55.3 Å². The molecule has 5 fully saturated rings. The van der Waals surface area contributed by atoms with Crippen molar-refractivity contribution in [2.75, 3.05) is 46.4 Å². The number of hydrogen-bond donors (Lipinski definition) is 3. The summed E-state index contributed by atoms with van der Waals surface area (Å²) in [7, 11) is 1.46. The van der Waals surface area contributed by atoms with Crippen molar-refractivity contribution in [2.24, 2.45) is 5.92 Å². The van der Waals surface area contributed by atoms with Crippen molar-refractivity contribution in [3.63, 3.8) is 0 Å². The van der Waals surface area contributed by atoms with Crippen LogP contribution in [0.25, 0.3) is 11.3 Å². The number of carbonyl (C=O) groups excluding carboxylic acids is 2. The number of methoxy groups -OCH3 is 1. The van der Waals surface area contributed by atoms with Crippen LogP contribution in [0.2, 0.25) is 0 Å². The summed E-state index contributed by atoms with van der Waals surface area (Å²) < 4.78 is 25.3. The zero-order valence-electron chi connectivity index (χ0n) is 22.0. The molecule has 3 atom stereocenters. The number of pyridine rings is 1. The van der Waals surface area contributed by atoms with Crippen molar-refractivity contribution >= 4 is 11.8 Å². The van der Waals surface area contributed by atoms with E-state index in [-0.39, 0.29) is 46.4 Å². The Morgan fingerprint density at radius 1 is 1.23 bits per heavy atom. The summed E-state index contributed by atoms with van der Waals surface area (Å²) >= 11 is 0. The minimum absolute atomic E-state index is 0.00856. The smallest absolute Gasteiger partial charge is 0.272 e. The van der Waals surface area contributed by atoms with Gasteiger partial charge < -0.3 is 25.0 Å². The summed E-state index contributed by atoms with van der Waals surface area (Å²) in [6.45, 7) is 4.98. The molecule has 7 rings (SSSR count). The molecule has 208 valence electrons. The Hall–Kier alpha value is -3.09. The molecule has 4 saturated heterocycles. The number of nitrogens with one attached hydrogen (secondary N) is 3. The second-order valence-electron chi connectivity index (χ2n) is 11.7. The van der Waals surface area contributed by atoms with Crippen LogP contribution in [0.5, 0.6) is 5.88 Å². The molecule has 4 aliphatic heterocycles. The van der Waals surface area contributed by atoms with Crippen LogP contribution < -0.4 is 15.4 Å². The Balaban J connectivity index is 0.968. The number of amides is 2. The monoisotopic (exact) mass is 539 g/mol. The van der Waals surface area contributed by atoms with Gasteiger partial charge in [0.1, 0.15) is 11.3 Å². The molecule has 0 bridgehead atoms. The summed E-state index contributed by atoms with van der Waals surface area (Å²) in [5, 5.41) is 13.6. The zero-order valence-corrected chi connectivity index (χ0v) is 22.0. The Morgan fingerprint density at radius 2 is 2.08 bits per heavy atom. The maximum Gasteiger partial charge on any atom is 0.272 e. The van der Waals surface area contributed by atoms with Gasteiger partial charge in [-0.2, -0.15) is 5.10 Å². The van der Waals surface area contributed by atoms with Gasteiger partial charge in [-0.25, -0.2) is 9.37 Å². The van der Waals surface area contributed by atoms with Crippen LogP contribution in [-0.2, 0) is 9.53 Å². The maximum atomic E-state index is 14.4. The third kappa shape index (κ3) is 4.20. The summed E-state index contributed by atoms with van der Waals surface area (Å²) in [5.41, 5.74) is 0.533. The molecule has 11 nitrogen and oxygen atoms in total. The Kier molecular flexibility index (Phi) is 5.90. The summed E-state index contributed by atoms with van der Waals surface area (Å²) in [5.74, 6) is -0.439. The number of hydrogen-bond acceptors (Lipinski definition) is 8. The molecule has 0 aromatic carbocycles. The molecule has 1 saturated carbocycles. The molecule has 39 heavy (non-hydrogen) atoms. The molecule has 2 spiro atoms. The Bertz CT molecular complexity index is 1290. The number of piperidine rings is 1. The highest BCUT2D eigenvalue weighted by Gasteiger charge is 2.57. The highest BCUT2D eigenvalue weighted by molar-refractivity contribution is 5.94. The molecular weight excluding hydrogens is 505 g/mol. The number of aromatic amines is 1. The molecule has 6 heterocycles. The van der Waals surface area contributed by atoms with Crippen molar-refractivity contribution in [3.8, 4) is 17.1 Å². The maximum absolute atomic E-state index is 14.4. The number of carbonyl (C=O) groups is 2. The van der Waals surface area contributed by atoms with Gasteiger partial charge in [0.2, 0.25) is 11.8 Å². The van der Waals surface area contributed by atoms with E-state index in [1.165, 1.54) is 13.2 Å².